The molecule has 0 aliphatic heterocycles. The molecule has 2 aromatic carbocycles. The van der Waals surface area contributed by atoms with Gasteiger partial charge in [-0.2, -0.15) is 0 Å². The zero-order valence-corrected chi connectivity index (χ0v) is 15.4. The highest BCUT2D eigenvalue weighted by atomic mass is 16.5. The third kappa shape index (κ3) is 4.98. The number of carbonyl (C=O) groups is 1. The molecule has 4 aromatic rings. The van der Waals surface area contributed by atoms with Gasteiger partial charge in [0.2, 0.25) is 5.95 Å². The van der Waals surface area contributed by atoms with Gasteiger partial charge in [0.05, 0.1) is 12.8 Å². The van der Waals surface area contributed by atoms with Crippen LogP contribution in [-0.4, -0.2) is 15.9 Å². The quantitative estimate of drug-likeness (QED) is 0.485. The summed E-state index contributed by atoms with van der Waals surface area (Å²) in [7, 11) is 0. The first-order chi connectivity index (χ1) is 14.3. The molecule has 0 radical (unpaired) electrons. The molecule has 7 heteroatoms. The van der Waals surface area contributed by atoms with E-state index in [1.165, 1.54) is 6.20 Å². The molecule has 0 saturated heterocycles. The highest BCUT2D eigenvalue weighted by molar-refractivity contribution is 5.92. The lowest BCUT2D eigenvalue weighted by Gasteiger charge is -2.09. The van der Waals surface area contributed by atoms with Gasteiger partial charge >= 0.3 is 0 Å². The first-order valence-electron chi connectivity index (χ1n) is 9.00. The Hall–Kier alpha value is -4.13. The number of nitrogens with zero attached hydrogens (tertiary/aromatic N) is 2. The summed E-state index contributed by atoms with van der Waals surface area (Å²) in [4.78, 5) is 20.7. The van der Waals surface area contributed by atoms with Crippen molar-refractivity contribution in [2.24, 2.45) is 0 Å². The lowest BCUT2D eigenvalue weighted by Crippen LogP contribution is -2.23. The van der Waals surface area contributed by atoms with Gasteiger partial charge in [0.25, 0.3) is 5.91 Å². The molecular formula is C22H18N4O3. The summed E-state index contributed by atoms with van der Waals surface area (Å²) in [5.74, 6) is 2.17. The fourth-order valence-corrected chi connectivity index (χ4v) is 2.58. The molecule has 0 bridgehead atoms. The number of nitrogens with one attached hydrogen (secondary N) is 2. The summed E-state index contributed by atoms with van der Waals surface area (Å²) in [5.41, 5.74) is 1.04. The molecule has 0 unspecified atom stereocenters. The van der Waals surface area contributed by atoms with Crippen LogP contribution in [0.25, 0.3) is 0 Å². The van der Waals surface area contributed by atoms with Gasteiger partial charge in [0.1, 0.15) is 23.0 Å². The first kappa shape index (κ1) is 18.2. The Balaban J connectivity index is 1.37. The lowest BCUT2D eigenvalue weighted by molar-refractivity contribution is 0.0943. The maximum atomic E-state index is 12.3. The van der Waals surface area contributed by atoms with E-state index in [-0.39, 0.29) is 11.6 Å². The number of hydrogen-bond acceptors (Lipinski definition) is 6. The predicted octanol–water partition coefficient (Wildman–Crippen LogP) is 4.54. The second-order valence-corrected chi connectivity index (χ2v) is 6.09. The van der Waals surface area contributed by atoms with E-state index >= 15 is 0 Å². The topological polar surface area (TPSA) is 89.3 Å². The number of benzene rings is 2. The number of carbonyl (C=O) groups excluding carboxylic acids is 1. The minimum Gasteiger partial charge on any atom is -0.467 e. The molecule has 2 N–H and O–H groups in total. The monoisotopic (exact) mass is 386 g/mol. The van der Waals surface area contributed by atoms with Gasteiger partial charge in [-0.3, -0.25) is 4.79 Å². The van der Waals surface area contributed by atoms with Crippen LogP contribution in [0.2, 0.25) is 0 Å². The van der Waals surface area contributed by atoms with E-state index in [4.69, 9.17) is 9.15 Å². The number of ether oxygens (including phenoxy) is 1. The Morgan fingerprint density at radius 1 is 0.931 bits per heavy atom. The standard InChI is InChI=1S/C22H18N4O3/c27-21(24-15-19-7-4-14-28-19)20-12-13-23-22(26-20)25-16-8-10-18(11-9-16)29-17-5-2-1-3-6-17/h1-14H,15H2,(H,24,27)(H,23,25,26). The summed E-state index contributed by atoms with van der Waals surface area (Å²) >= 11 is 0. The Kier molecular flexibility index (Phi) is 5.48. The fourth-order valence-electron chi connectivity index (χ4n) is 2.58. The van der Waals surface area contributed by atoms with Crippen LogP contribution >= 0.6 is 0 Å². The van der Waals surface area contributed by atoms with E-state index in [0.717, 1.165) is 11.4 Å². The van der Waals surface area contributed by atoms with E-state index < -0.39 is 0 Å². The van der Waals surface area contributed by atoms with Gasteiger partial charge in [-0.05, 0) is 54.6 Å². The van der Waals surface area contributed by atoms with Crippen LogP contribution in [0.3, 0.4) is 0 Å². The molecular weight excluding hydrogens is 368 g/mol. The second kappa shape index (κ2) is 8.71. The van der Waals surface area contributed by atoms with Crippen LogP contribution in [0, 0.1) is 0 Å². The van der Waals surface area contributed by atoms with Crippen LogP contribution in [-0.2, 0) is 6.54 Å². The third-order valence-electron chi connectivity index (χ3n) is 3.98. The van der Waals surface area contributed by atoms with Gasteiger partial charge in [-0.25, -0.2) is 9.97 Å². The maximum absolute atomic E-state index is 12.3. The average molecular weight is 386 g/mol. The molecule has 0 atom stereocenters. The van der Waals surface area contributed by atoms with Gasteiger partial charge in [-0.1, -0.05) is 18.2 Å². The SMILES string of the molecule is O=C(NCc1ccco1)c1ccnc(Nc2ccc(Oc3ccccc3)cc2)n1. The van der Waals surface area contributed by atoms with Crippen molar-refractivity contribution in [2.75, 3.05) is 5.32 Å². The lowest BCUT2D eigenvalue weighted by atomic mass is 10.3. The number of amides is 1. The number of para-hydroxylation sites is 1. The molecule has 4 rings (SSSR count). The largest absolute Gasteiger partial charge is 0.467 e. The summed E-state index contributed by atoms with van der Waals surface area (Å²) in [6, 6.07) is 22.1. The van der Waals surface area contributed by atoms with E-state index in [2.05, 4.69) is 20.6 Å². The first-order valence-corrected chi connectivity index (χ1v) is 9.00. The van der Waals surface area contributed by atoms with E-state index in [1.54, 1.807) is 24.5 Å². The molecule has 0 aliphatic carbocycles. The zero-order chi connectivity index (χ0) is 19.9. The van der Waals surface area contributed by atoms with Gasteiger partial charge in [0, 0.05) is 11.9 Å². The number of rotatable bonds is 7. The van der Waals surface area contributed by atoms with Crippen molar-refractivity contribution in [2.45, 2.75) is 6.54 Å². The molecule has 0 saturated carbocycles. The normalized spacial score (nSPS) is 10.3. The van der Waals surface area contributed by atoms with E-state index in [9.17, 15) is 4.79 Å². The van der Waals surface area contributed by atoms with Crippen LogP contribution in [0.4, 0.5) is 11.6 Å². The van der Waals surface area contributed by atoms with Crippen molar-refractivity contribution in [1.82, 2.24) is 15.3 Å². The van der Waals surface area contributed by atoms with Crippen molar-refractivity contribution in [3.05, 3.63) is 96.7 Å². The molecule has 29 heavy (non-hydrogen) atoms. The van der Waals surface area contributed by atoms with Crippen LogP contribution in [0.15, 0.2) is 89.7 Å². The van der Waals surface area contributed by atoms with Crippen molar-refractivity contribution < 1.29 is 13.9 Å². The fraction of sp³-hybridized carbons (Fsp3) is 0.0455. The number of aromatic nitrogens is 2. The highest BCUT2D eigenvalue weighted by Crippen LogP contribution is 2.23. The highest BCUT2D eigenvalue weighted by Gasteiger charge is 2.09. The number of hydrogen-bond donors (Lipinski definition) is 2. The number of anilines is 2. The molecule has 0 spiro atoms. The average Bonchev–Trinajstić information content (AvgIpc) is 3.28. The van der Waals surface area contributed by atoms with Crippen molar-refractivity contribution in [3.63, 3.8) is 0 Å². The molecule has 2 aromatic heterocycles. The van der Waals surface area contributed by atoms with Gasteiger partial charge in [0.15, 0.2) is 0 Å². The van der Waals surface area contributed by atoms with E-state index in [1.807, 2.05) is 54.6 Å². The molecule has 2 heterocycles. The smallest absolute Gasteiger partial charge is 0.270 e. The molecule has 7 nitrogen and oxygen atoms in total. The summed E-state index contributed by atoms with van der Waals surface area (Å²) < 4.78 is 11.0. The van der Waals surface area contributed by atoms with Gasteiger partial charge < -0.3 is 19.8 Å². The van der Waals surface area contributed by atoms with Crippen molar-refractivity contribution in [3.8, 4) is 11.5 Å². The Morgan fingerprint density at radius 3 is 2.48 bits per heavy atom. The van der Waals surface area contributed by atoms with Crippen LogP contribution < -0.4 is 15.4 Å². The van der Waals surface area contributed by atoms with E-state index in [0.29, 0.717) is 24.0 Å². The Morgan fingerprint density at radius 2 is 1.72 bits per heavy atom. The Labute approximate surface area is 167 Å². The molecule has 144 valence electrons. The van der Waals surface area contributed by atoms with Crippen molar-refractivity contribution in [1.29, 1.82) is 0 Å². The molecule has 1 amide bonds. The van der Waals surface area contributed by atoms with Gasteiger partial charge in [-0.15, -0.1) is 0 Å². The van der Waals surface area contributed by atoms with Crippen LogP contribution in [0.5, 0.6) is 11.5 Å². The summed E-state index contributed by atoms with van der Waals surface area (Å²) in [6.45, 7) is 0.293. The number of furan rings is 1. The van der Waals surface area contributed by atoms with Crippen LogP contribution in [0.1, 0.15) is 16.2 Å². The predicted molar refractivity (Wildman–Crippen MR) is 108 cm³/mol. The summed E-state index contributed by atoms with van der Waals surface area (Å²) in [5, 5.41) is 5.84. The molecule has 0 aliphatic rings. The second-order valence-electron chi connectivity index (χ2n) is 6.09. The maximum Gasteiger partial charge on any atom is 0.270 e. The third-order valence-corrected chi connectivity index (χ3v) is 3.98. The minimum absolute atomic E-state index is 0.262. The van der Waals surface area contributed by atoms with Crippen molar-refractivity contribution >= 4 is 17.5 Å². The minimum atomic E-state index is -0.307. The molecule has 0 fully saturated rings. The summed E-state index contributed by atoms with van der Waals surface area (Å²) in [6.07, 6.45) is 3.09. The Bertz CT molecular complexity index is 1060. The zero-order valence-electron chi connectivity index (χ0n) is 15.4.